The monoisotopic (exact) mass is 300 g/mol. The Labute approximate surface area is 133 Å². The van der Waals surface area contributed by atoms with E-state index >= 15 is 0 Å². The lowest BCUT2D eigenvalue weighted by molar-refractivity contribution is -0.114. The molecule has 1 N–H and O–H groups in total. The third-order valence-corrected chi connectivity index (χ3v) is 8.12. The average molecular weight is 300 g/mol. The van der Waals surface area contributed by atoms with Crippen molar-refractivity contribution in [1.82, 2.24) is 0 Å². The van der Waals surface area contributed by atoms with Gasteiger partial charge in [0.2, 0.25) is 0 Å². The summed E-state index contributed by atoms with van der Waals surface area (Å²) >= 11 is 0. The van der Waals surface area contributed by atoms with Gasteiger partial charge < -0.3 is 5.11 Å². The fraction of sp³-hybridized carbons (Fsp3) is 0.750. The van der Waals surface area contributed by atoms with Gasteiger partial charge >= 0.3 is 0 Å². The molecule has 0 heterocycles. The molecule has 2 heteroatoms. The quantitative estimate of drug-likeness (QED) is 0.733. The van der Waals surface area contributed by atoms with Crippen molar-refractivity contribution in [2.24, 2.45) is 28.6 Å². The number of hydrogen-bond acceptors (Lipinski definition) is 2. The minimum atomic E-state index is -0.502. The first-order valence-electron chi connectivity index (χ1n) is 8.95. The van der Waals surface area contributed by atoms with Gasteiger partial charge in [-0.25, -0.2) is 0 Å². The predicted molar refractivity (Wildman–Crippen MR) is 87.2 cm³/mol. The molecule has 4 aliphatic rings. The average Bonchev–Trinajstić information content (AvgIpc) is 2.70. The van der Waals surface area contributed by atoms with Crippen LogP contribution >= 0.6 is 0 Å². The molecule has 0 aromatic carbocycles. The summed E-state index contributed by atoms with van der Waals surface area (Å²) in [6.07, 6.45) is 12.5. The Morgan fingerprint density at radius 2 is 1.82 bits per heavy atom. The van der Waals surface area contributed by atoms with Crippen LogP contribution in [0.2, 0.25) is 0 Å². The van der Waals surface area contributed by atoms with Crippen LogP contribution < -0.4 is 0 Å². The number of hydrogen-bond donors (Lipinski definition) is 1. The molecule has 0 radical (unpaired) electrons. The summed E-state index contributed by atoms with van der Waals surface area (Å²) in [4.78, 5) is 11.7. The number of carbonyl (C=O) groups excluding carboxylic acids is 1. The van der Waals surface area contributed by atoms with Gasteiger partial charge in [-0.3, -0.25) is 4.79 Å². The van der Waals surface area contributed by atoms with Crippen LogP contribution in [0.1, 0.15) is 59.3 Å². The fourth-order valence-electron chi connectivity index (χ4n) is 6.44. The van der Waals surface area contributed by atoms with E-state index in [1.54, 1.807) is 6.08 Å². The standard InChI is InChI=1S/C20H28O2/c1-18-9-6-14(21)12-13(18)4-5-15-16(18)7-10-19(2)17(15)8-11-20(19,3)22/h6,9,12,15-17,22H,4-5,7-8,10-11H2,1-3H3/t15-,16-,17+,18+,19+,20+/m1/s1. The maximum absolute atomic E-state index is 11.7. The Kier molecular flexibility index (Phi) is 2.90. The maximum atomic E-state index is 11.7. The Balaban J connectivity index is 1.71. The number of aliphatic hydroxyl groups is 1. The van der Waals surface area contributed by atoms with Crippen LogP contribution in [0.4, 0.5) is 0 Å². The SMILES string of the molecule is C[C@]12C=CC(=O)C=C1CC[C@@H]1[C@H]2CC[C@@]2(C)[C@H]1CC[C@]2(C)O. The first kappa shape index (κ1) is 14.7. The first-order chi connectivity index (χ1) is 10.3. The van der Waals surface area contributed by atoms with E-state index in [0.717, 1.165) is 19.3 Å². The molecule has 4 aliphatic carbocycles. The summed E-state index contributed by atoms with van der Waals surface area (Å²) < 4.78 is 0. The van der Waals surface area contributed by atoms with E-state index in [1.807, 2.05) is 6.08 Å². The molecule has 0 bridgehead atoms. The number of rotatable bonds is 0. The summed E-state index contributed by atoms with van der Waals surface area (Å²) in [5, 5.41) is 10.9. The van der Waals surface area contributed by atoms with Crippen molar-refractivity contribution in [1.29, 1.82) is 0 Å². The van der Waals surface area contributed by atoms with Crippen LogP contribution in [0.5, 0.6) is 0 Å². The van der Waals surface area contributed by atoms with Crippen LogP contribution in [0.15, 0.2) is 23.8 Å². The molecule has 0 aromatic rings. The normalized spacial score (nSPS) is 53.5. The van der Waals surface area contributed by atoms with E-state index in [-0.39, 0.29) is 16.6 Å². The van der Waals surface area contributed by atoms with Gasteiger partial charge in [0.15, 0.2) is 5.78 Å². The molecule has 0 aliphatic heterocycles. The van der Waals surface area contributed by atoms with Gasteiger partial charge in [0.1, 0.15) is 0 Å². The lowest BCUT2D eigenvalue weighted by Crippen LogP contribution is -2.53. The molecule has 120 valence electrons. The zero-order valence-corrected chi connectivity index (χ0v) is 14.1. The Morgan fingerprint density at radius 3 is 2.59 bits per heavy atom. The highest BCUT2D eigenvalue weighted by Crippen LogP contribution is 2.66. The summed E-state index contributed by atoms with van der Waals surface area (Å²) in [6.45, 7) is 6.73. The van der Waals surface area contributed by atoms with Crippen molar-refractivity contribution in [2.75, 3.05) is 0 Å². The number of allylic oxidation sites excluding steroid dienone is 4. The van der Waals surface area contributed by atoms with Crippen molar-refractivity contribution in [3.8, 4) is 0 Å². The zero-order chi connectivity index (χ0) is 15.8. The first-order valence-corrected chi connectivity index (χ1v) is 8.95. The van der Waals surface area contributed by atoms with Crippen molar-refractivity contribution < 1.29 is 9.90 Å². The zero-order valence-electron chi connectivity index (χ0n) is 14.1. The smallest absolute Gasteiger partial charge is 0.178 e. The van der Waals surface area contributed by atoms with Gasteiger partial charge in [-0.2, -0.15) is 0 Å². The summed E-state index contributed by atoms with van der Waals surface area (Å²) in [5.41, 5.74) is 1.01. The van der Waals surface area contributed by atoms with Crippen LogP contribution in [-0.2, 0) is 4.79 Å². The van der Waals surface area contributed by atoms with Gasteiger partial charge in [-0.1, -0.05) is 25.5 Å². The van der Waals surface area contributed by atoms with Gasteiger partial charge in [0, 0.05) is 5.41 Å². The molecular weight excluding hydrogens is 272 g/mol. The predicted octanol–water partition coefficient (Wildman–Crippen LogP) is 4.05. The van der Waals surface area contributed by atoms with Crippen molar-refractivity contribution in [2.45, 2.75) is 64.9 Å². The fourth-order valence-corrected chi connectivity index (χ4v) is 6.44. The number of fused-ring (bicyclic) bond motifs is 5. The minimum absolute atomic E-state index is 0.0760. The van der Waals surface area contributed by atoms with Crippen molar-refractivity contribution >= 4 is 5.78 Å². The second-order valence-corrected chi connectivity index (χ2v) is 8.87. The summed E-state index contributed by atoms with van der Waals surface area (Å²) in [6, 6.07) is 0. The van der Waals surface area contributed by atoms with Crippen LogP contribution in [-0.4, -0.2) is 16.5 Å². The van der Waals surface area contributed by atoms with Gasteiger partial charge in [-0.15, -0.1) is 0 Å². The largest absolute Gasteiger partial charge is 0.390 e. The second-order valence-electron chi connectivity index (χ2n) is 8.87. The molecular formula is C20H28O2. The lowest BCUT2D eigenvalue weighted by Gasteiger charge is -2.57. The molecule has 0 saturated heterocycles. The lowest BCUT2D eigenvalue weighted by atomic mass is 9.47. The molecule has 22 heavy (non-hydrogen) atoms. The Hall–Kier alpha value is -0.890. The van der Waals surface area contributed by atoms with Gasteiger partial charge in [-0.05, 0) is 80.8 Å². The van der Waals surface area contributed by atoms with E-state index in [4.69, 9.17) is 0 Å². The molecule has 0 spiro atoms. The molecule has 3 saturated carbocycles. The van der Waals surface area contributed by atoms with Crippen LogP contribution in [0.3, 0.4) is 0 Å². The number of carbonyl (C=O) groups is 1. The highest BCUT2D eigenvalue weighted by Gasteiger charge is 2.61. The second kappa shape index (κ2) is 4.35. The van der Waals surface area contributed by atoms with E-state index in [9.17, 15) is 9.90 Å². The van der Waals surface area contributed by atoms with E-state index in [1.165, 1.54) is 24.8 Å². The van der Waals surface area contributed by atoms with E-state index < -0.39 is 5.60 Å². The van der Waals surface area contributed by atoms with Gasteiger partial charge in [0.25, 0.3) is 0 Å². The maximum Gasteiger partial charge on any atom is 0.178 e. The van der Waals surface area contributed by atoms with E-state index in [2.05, 4.69) is 26.8 Å². The van der Waals surface area contributed by atoms with Crippen LogP contribution in [0.25, 0.3) is 0 Å². The van der Waals surface area contributed by atoms with Crippen molar-refractivity contribution in [3.05, 3.63) is 23.8 Å². The molecule has 0 unspecified atom stereocenters. The van der Waals surface area contributed by atoms with Gasteiger partial charge in [0.05, 0.1) is 5.60 Å². The summed E-state index contributed by atoms with van der Waals surface area (Å²) in [5.74, 6) is 2.15. The molecule has 2 nitrogen and oxygen atoms in total. The molecule has 6 atom stereocenters. The number of ketones is 1. The topological polar surface area (TPSA) is 37.3 Å². The summed E-state index contributed by atoms with van der Waals surface area (Å²) in [7, 11) is 0. The molecule has 0 amide bonds. The van der Waals surface area contributed by atoms with Crippen molar-refractivity contribution in [3.63, 3.8) is 0 Å². The van der Waals surface area contributed by atoms with Crippen LogP contribution in [0, 0.1) is 28.6 Å². The molecule has 3 fully saturated rings. The Morgan fingerprint density at radius 1 is 1.09 bits per heavy atom. The third kappa shape index (κ3) is 1.68. The minimum Gasteiger partial charge on any atom is -0.390 e. The molecule has 4 rings (SSSR count). The Bertz CT molecular complexity index is 585. The van der Waals surface area contributed by atoms with E-state index in [0.29, 0.717) is 17.8 Å². The third-order valence-electron chi connectivity index (χ3n) is 8.12. The highest BCUT2D eigenvalue weighted by molar-refractivity contribution is 6.01. The highest BCUT2D eigenvalue weighted by atomic mass is 16.3. The molecule has 0 aromatic heterocycles.